The maximum absolute atomic E-state index is 13.6. The van der Waals surface area contributed by atoms with Gasteiger partial charge in [0.25, 0.3) is 5.56 Å². The van der Waals surface area contributed by atoms with Gasteiger partial charge in [0.15, 0.2) is 17.3 Å². The third-order valence-corrected chi connectivity index (χ3v) is 5.95. The molecule has 1 aromatic carbocycles. The van der Waals surface area contributed by atoms with E-state index < -0.39 is 0 Å². The molecule has 10 heteroatoms. The highest BCUT2D eigenvalue weighted by Crippen LogP contribution is 2.36. The van der Waals surface area contributed by atoms with Crippen LogP contribution in [-0.4, -0.2) is 40.7 Å². The minimum Gasteiger partial charge on any atom is -0.344 e. The maximum Gasteiger partial charge on any atom is 0.282 e. The summed E-state index contributed by atoms with van der Waals surface area (Å²) in [7, 11) is 0. The smallest absolute Gasteiger partial charge is 0.282 e. The maximum atomic E-state index is 13.6. The highest BCUT2D eigenvalue weighted by atomic mass is 32.1. The number of aryl methyl sites for hydroxylation is 1. The van der Waals surface area contributed by atoms with E-state index in [4.69, 9.17) is 5.10 Å². The quantitative estimate of drug-likeness (QED) is 0.458. The molecule has 5 aromatic rings. The van der Waals surface area contributed by atoms with E-state index >= 15 is 0 Å². The number of hydrogen-bond donors (Lipinski definition) is 1. The summed E-state index contributed by atoms with van der Waals surface area (Å²) in [5.41, 5.74) is 3.66. The zero-order valence-electron chi connectivity index (χ0n) is 17.4. The minimum absolute atomic E-state index is 0. The number of nitrogens with one attached hydrogen (secondary N) is 1. The number of rotatable bonds is 3. The molecule has 0 radical (unpaired) electrons. The van der Waals surface area contributed by atoms with Gasteiger partial charge in [0, 0.05) is 12.7 Å². The Morgan fingerprint density at radius 2 is 1.94 bits per heavy atom. The Balaban J connectivity index is 0.00000216. The van der Waals surface area contributed by atoms with Crippen molar-refractivity contribution >= 4 is 36.0 Å². The highest BCUT2D eigenvalue weighted by molar-refractivity contribution is 7.59. The van der Waals surface area contributed by atoms with Crippen LogP contribution in [0.3, 0.4) is 0 Å². The van der Waals surface area contributed by atoms with Crippen LogP contribution in [0.2, 0.25) is 0 Å². The number of hydrogen-bond acceptors (Lipinski definition) is 6. The van der Waals surface area contributed by atoms with Crippen LogP contribution in [0, 0.1) is 6.92 Å². The van der Waals surface area contributed by atoms with Crippen LogP contribution in [0.25, 0.3) is 22.4 Å². The molecule has 9 nitrogen and oxygen atoms in total. The monoisotopic (exact) mass is 446 g/mol. The summed E-state index contributed by atoms with van der Waals surface area (Å²) in [4.78, 5) is 32.1. The van der Waals surface area contributed by atoms with Crippen molar-refractivity contribution in [3.63, 3.8) is 0 Å². The minimum atomic E-state index is -0.110. The Kier molecular flexibility index (Phi) is 4.93. The second-order valence-corrected chi connectivity index (χ2v) is 7.78. The summed E-state index contributed by atoms with van der Waals surface area (Å²) in [6.07, 6.45) is 6.84. The first-order valence-corrected chi connectivity index (χ1v) is 10.3. The molecule has 1 atom stereocenters. The van der Waals surface area contributed by atoms with E-state index in [9.17, 15) is 4.79 Å². The normalized spacial score (nSPS) is 16.0. The van der Waals surface area contributed by atoms with Gasteiger partial charge in [0.05, 0.1) is 18.1 Å². The zero-order valence-corrected chi connectivity index (χ0v) is 18.4. The van der Waals surface area contributed by atoms with Gasteiger partial charge in [-0.3, -0.25) is 9.36 Å². The van der Waals surface area contributed by atoms with Crippen molar-refractivity contribution in [1.29, 1.82) is 0 Å². The summed E-state index contributed by atoms with van der Waals surface area (Å²) in [6, 6.07) is 11.5. The van der Waals surface area contributed by atoms with Gasteiger partial charge in [-0.1, -0.05) is 18.2 Å². The number of anilines is 1. The van der Waals surface area contributed by atoms with Crippen LogP contribution in [-0.2, 0) is 0 Å². The highest BCUT2D eigenvalue weighted by Gasteiger charge is 2.33. The van der Waals surface area contributed by atoms with Gasteiger partial charge in [0.2, 0.25) is 0 Å². The fraction of sp³-hybridized carbons (Fsp3) is 0.227. The molecule has 1 N–H and O–H groups in total. The SMILES string of the molecule is Cc1ccn2nc([C@@H]3CCCN3c3ncnc4nc[nH]c34)n(-c3ccccc3)c(=O)c12.S. The van der Waals surface area contributed by atoms with Crippen LogP contribution in [0.5, 0.6) is 0 Å². The molecule has 0 saturated carbocycles. The van der Waals surface area contributed by atoms with E-state index in [0.717, 1.165) is 42.0 Å². The van der Waals surface area contributed by atoms with Gasteiger partial charge in [-0.25, -0.2) is 19.5 Å². The third-order valence-electron chi connectivity index (χ3n) is 5.95. The Morgan fingerprint density at radius 1 is 1.09 bits per heavy atom. The fourth-order valence-electron chi connectivity index (χ4n) is 4.53. The van der Waals surface area contributed by atoms with Crippen molar-refractivity contribution < 1.29 is 0 Å². The molecule has 1 fully saturated rings. The predicted molar refractivity (Wildman–Crippen MR) is 127 cm³/mol. The lowest BCUT2D eigenvalue weighted by atomic mass is 10.2. The number of nitrogens with zero attached hydrogens (tertiary/aromatic N) is 7. The van der Waals surface area contributed by atoms with Crippen molar-refractivity contribution in [3.8, 4) is 5.69 Å². The van der Waals surface area contributed by atoms with Gasteiger partial charge < -0.3 is 9.88 Å². The predicted octanol–water partition coefficient (Wildman–Crippen LogP) is 2.91. The van der Waals surface area contributed by atoms with Crippen LogP contribution >= 0.6 is 13.5 Å². The lowest BCUT2D eigenvalue weighted by Gasteiger charge is -2.27. The zero-order chi connectivity index (χ0) is 20.9. The number of benzene rings is 1. The Bertz CT molecular complexity index is 1470. The summed E-state index contributed by atoms with van der Waals surface area (Å²) in [5.74, 6) is 1.48. The first kappa shape index (κ1) is 20.3. The molecule has 5 heterocycles. The molecule has 1 saturated heterocycles. The standard InChI is InChI=1S/C22H20N8O.H2S/c1-14-9-11-29-18(14)22(31)30(15-6-3-2-4-7-15)20(27-29)16-8-5-10-28(16)21-17-19(24-12-23-17)25-13-26-21;/h2-4,6-7,9,11-13,16H,5,8,10H2,1H3,(H,23,24,25,26);1H2/t16-;/m0./s1. The molecule has 1 aliphatic heterocycles. The molecule has 0 bridgehead atoms. The number of fused-ring (bicyclic) bond motifs is 2. The van der Waals surface area contributed by atoms with E-state index in [-0.39, 0.29) is 25.1 Å². The van der Waals surface area contributed by atoms with Gasteiger partial charge in [-0.2, -0.15) is 18.6 Å². The molecule has 162 valence electrons. The van der Waals surface area contributed by atoms with Crippen LogP contribution < -0.4 is 10.5 Å². The van der Waals surface area contributed by atoms with E-state index in [0.29, 0.717) is 17.0 Å². The molecule has 32 heavy (non-hydrogen) atoms. The first-order valence-electron chi connectivity index (χ1n) is 10.3. The van der Waals surface area contributed by atoms with Gasteiger partial charge in [0.1, 0.15) is 17.4 Å². The van der Waals surface area contributed by atoms with Crippen molar-refractivity contribution in [2.75, 3.05) is 11.4 Å². The van der Waals surface area contributed by atoms with E-state index in [2.05, 4.69) is 24.8 Å². The summed E-state index contributed by atoms with van der Waals surface area (Å²) in [6.45, 7) is 2.74. The van der Waals surface area contributed by atoms with Crippen LogP contribution in [0.15, 0.2) is 60.0 Å². The summed E-state index contributed by atoms with van der Waals surface area (Å²) in [5, 5.41) is 4.93. The van der Waals surface area contributed by atoms with Crippen molar-refractivity contribution in [1.82, 2.24) is 34.1 Å². The number of H-pyrrole nitrogens is 1. The molecule has 0 amide bonds. The van der Waals surface area contributed by atoms with Crippen molar-refractivity contribution in [3.05, 3.63) is 77.0 Å². The second-order valence-electron chi connectivity index (χ2n) is 7.78. The molecular weight excluding hydrogens is 424 g/mol. The molecule has 1 aliphatic rings. The average Bonchev–Trinajstić information content (AvgIpc) is 3.53. The lowest BCUT2D eigenvalue weighted by molar-refractivity contribution is 0.601. The number of imidazole rings is 1. The summed E-state index contributed by atoms with van der Waals surface area (Å²) >= 11 is 0. The fourth-order valence-corrected chi connectivity index (χ4v) is 4.53. The van der Waals surface area contributed by atoms with E-state index in [1.165, 1.54) is 6.33 Å². The first-order chi connectivity index (χ1) is 15.2. The number of aromatic amines is 1. The number of para-hydroxylation sites is 1. The number of aromatic nitrogens is 7. The summed E-state index contributed by atoms with van der Waals surface area (Å²) < 4.78 is 3.45. The van der Waals surface area contributed by atoms with E-state index in [1.54, 1.807) is 15.4 Å². The van der Waals surface area contributed by atoms with Crippen molar-refractivity contribution in [2.24, 2.45) is 0 Å². The Labute approximate surface area is 190 Å². The van der Waals surface area contributed by atoms with Crippen molar-refractivity contribution in [2.45, 2.75) is 25.8 Å². The molecule has 6 rings (SSSR count). The molecule has 0 spiro atoms. The largest absolute Gasteiger partial charge is 0.344 e. The van der Waals surface area contributed by atoms with E-state index in [1.807, 2.05) is 49.5 Å². The topological polar surface area (TPSA) is 97.0 Å². The molecule has 4 aromatic heterocycles. The average molecular weight is 447 g/mol. The molecule has 0 aliphatic carbocycles. The van der Waals surface area contributed by atoms with Crippen LogP contribution in [0.1, 0.15) is 30.3 Å². The molecule has 0 unspecified atom stereocenters. The third kappa shape index (κ3) is 2.98. The molecular formula is C22H22N8OS. The van der Waals surface area contributed by atoms with Gasteiger partial charge in [-0.15, -0.1) is 0 Å². The second kappa shape index (κ2) is 7.79. The Morgan fingerprint density at radius 3 is 2.78 bits per heavy atom. The van der Waals surface area contributed by atoms with Crippen LogP contribution in [0.4, 0.5) is 5.82 Å². The van der Waals surface area contributed by atoms with Gasteiger partial charge in [-0.05, 0) is 43.5 Å². The lowest BCUT2D eigenvalue weighted by Crippen LogP contribution is -2.33. The van der Waals surface area contributed by atoms with Gasteiger partial charge >= 0.3 is 0 Å². The Hall–Kier alpha value is -3.66.